The zero-order valence-corrected chi connectivity index (χ0v) is 20.6. The number of nitrogens with zero attached hydrogens (tertiary/aromatic N) is 1. The molecule has 2 unspecified atom stereocenters. The number of carboxylic acid groups (broad SMARTS) is 1. The Morgan fingerprint density at radius 3 is 2.09 bits per heavy atom. The van der Waals surface area contributed by atoms with Crippen LogP contribution in [0.2, 0.25) is 0 Å². The molecule has 1 fully saturated rings. The lowest BCUT2D eigenvalue weighted by atomic mass is 9.96. The van der Waals surface area contributed by atoms with Crippen LogP contribution in [0.25, 0.3) is 0 Å². The number of aliphatic hydroxyl groups is 1. The molecule has 2 aromatic carbocycles. The van der Waals surface area contributed by atoms with Crippen molar-refractivity contribution in [2.24, 2.45) is 0 Å². The first-order valence-corrected chi connectivity index (χ1v) is 11.8. The van der Waals surface area contributed by atoms with E-state index < -0.39 is 41.8 Å². The zero-order chi connectivity index (χ0) is 25.8. The van der Waals surface area contributed by atoms with Gasteiger partial charge in [0.05, 0.1) is 6.10 Å². The van der Waals surface area contributed by atoms with Gasteiger partial charge in [0.1, 0.15) is 17.7 Å². The number of aliphatic carboxylic acids is 1. The molecule has 0 saturated carbocycles. The fraction of sp³-hybridized carbons (Fsp3) is 0.444. The van der Waals surface area contributed by atoms with Gasteiger partial charge in [-0.3, -0.25) is 4.79 Å². The van der Waals surface area contributed by atoms with Crippen molar-refractivity contribution in [1.29, 1.82) is 0 Å². The van der Waals surface area contributed by atoms with Crippen LogP contribution in [0.3, 0.4) is 0 Å². The number of alkyl carbamates (subject to hydrolysis) is 1. The molecule has 0 spiro atoms. The van der Waals surface area contributed by atoms with E-state index in [1.807, 2.05) is 30.3 Å². The number of aliphatic hydroxyl groups excluding tert-OH is 1. The minimum Gasteiger partial charge on any atom is -0.480 e. The van der Waals surface area contributed by atoms with Crippen molar-refractivity contribution in [3.8, 4) is 0 Å². The van der Waals surface area contributed by atoms with E-state index in [1.54, 1.807) is 20.8 Å². The maximum absolute atomic E-state index is 13.0. The maximum Gasteiger partial charge on any atom is 0.408 e. The molecule has 2 aliphatic rings. The lowest BCUT2D eigenvalue weighted by Crippen LogP contribution is -2.56. The largest absolute Gasteiger partial charge is 0.480 e. The molecule has 1 heterocycles. The number of hydrogen-bond donors (Lipinski definition) is 3. The van der Waals surface area contributed by atoms with Crippen LogP contribution in [0.15, 0.2) is 54.6 Å². The number of ether oxygens (including phenoxy) is 1. The second-order valence-corrected chi connectivity index (χ2v) is 10.00. The number of likely N-dealkylation sites (tertiary alicyclic amines) is 1. The van der Waals surface area contributed by atoms with Crippen molar-refractivity contribution in [2.75, 3.05) is 6.54 Å². The summed E-state index contributed by atoms with van der Waals surface area (Å²) in [5.41, 5.74) is 3.23. The second kappa shape index (κ2) is 10.9. The molecule has 3 N–H and O–H groups in total. The van der Waals surface area contributed by atoms with E-state index in [4.69, 9.17) is 4.74 Å². The molecule has 1 aliphatic heterocycles. The van der Waals surface area contributed by atoms with Crippen LogP contribution in [-0.4, -0.2) is 63.4 Å². The van der Waals surface area contributed by atoms with Crippen molar-refractivity contribution in [3.05, 3.63) is 71.3 Å². The summed E-state index contributed by atoms with van der Waals surface area (Å²) in [4.78, 5) is 38.0. The molecule has 4 rings (SSSR count). The Labute approximate surface area is 205 Å². The predicted molar refractivity (Wildman–Crippen MR) is 131 cm³/mol. The van der Waals surface area contributed by atoms with Gasteiger partial charge < -0.3 is 25.2 Å². The number of benzene rings is 2. The van der Waals surface area contributed by atoms with E-state index in [9.17, 15) is 24.6 Å². The Morgan fingerprint density at radius 1 is 1.03 bits per heavy atom. The summed E-state index contributed by atoms with van der Waals surface area (Å²) in [5.74, 6) is -1.90. The van der Waals surface area contributed by atoms with Gasteiger partial charge in [0.15, 0.2) is 0 Å². The van der Waals surface area contributed by atoms with Gasteiger partial charge in [-0.25, -0.2) is 9.59 Å². The third-order valence-electron chi connectivity index (χ3n) is 5.94. The average Bonchev–Trinajstić information content (AvgIpc) is 3.44. The summed E-state index contributed by atoms with van der Waals surface area (Å²) in [5, 5.41) is 22.0. The number of rotatable bonds is 5. The van der Waals surface area contributed by atoms with Crippen LogP contribution in [0, 0.1) is 0 Å². The van der Waals surface area contributed by atoms with Crippen molar-refractivity contribution >= 4 is 18.0 Å². The molecule has 4 atom stereocenters. The highest BCUT2D eigenvalue weighted by atomic mass is 16.6. The van der Waals surface area contributed by atoms with Gasteiger partial charge in [-0.15, -0.1) is 0 Å². The van der Waals surface area contributed by atoms with Crippen molar-refractivity contribution in [3.63, 3.8) is 0 Å². The standard InChI is InChI=1S/C20H28N2O6.C7H6/c1-12(23)16(21-19(27)28-20(2,3)4)17(24)22-11-14(10-15(22)18(25)26)13-8-6-5-7-9-13;1-2-4-7-5-6(7)3-1/h5-9,12,14-16,23H,10-11H2,1-4H3,(H,21,27)(H,25,26);1-4H,5H2/t12?,14-,15-,16?;/m1./s1. The number of carbonyl (C=O) groups is 3. The first-order chi connectivity index (χ1) is 16.5. The summed E-state index contributed by atoms with van der Waals surface area (Å²) in [6.07, 6.45) is -0.556. The highest BCUT2D eigenvalue weighted by Crippen LogP contribution is 2.32. The number of hydrogen-bond acceptors (Lipinski definition) is 5. The Kier molecular flexibility index (Phi) is 8.17. The van der Waals surface area contributed by atoms with Gasteiger partial charge in [-0.05, 0) is 57.2 Å². The number of carboxylic acids is 1. The van der Waals surface area contributed by atoms with Gasteiger partial charge in [0, 0.05) is 12.5 Å². The quantitative estimate of drug-likeness (QED) is 0.514. The first-order valence-electron chi connectivity index (χ1n) is 11.8. The predicted octanol–water partition coefficient (Wildman–Crippen LogP) is 3.32. The summed E-state index contributed by atoms with van der Waals surface area (Å²) >= 11 is 0. The summed E-state index contributed by atoms with van der Waals surface area (Å²) in [7, 11) is 0. The van der Waals surface area contributed by atoms with Crippen LogP contribution in [0.1, 0.15) is 56.7 Å². The molecule has 8 heteroatoms. The maximum atomic E-state index is 13.0. The molecule has 0 radical (unpaired) electrons. The number of amides is 2. The Balaban J connectivity index is 0.000000410. The first kappa shape index (κ1) is 26.2. The van der Waals surface area contributed by atoms with Crippen LogP contribution in [0.4, 0.5) is 4.79 Å². The lowest BCUT2D eigenvalue weighted by molar-refractivity contribution is -0.150. The molecule has 2 aromatic rings. The smallest absolute Gasteiger partial charge is 0.408 e. The normalized spacial score (nSPS) is 20.0. The Morgan fingerprint density at radius 2 is 1.60 bits per heavy atom. The third kappa shape index (κ3) is 7.29. The van der Waals surface area contributed by atoms with E-state index in [0.29, 0.717) is 0 Å². The highest BCUT2D eigenvalue weighted by molar-refractivity contribution is 5.90. The van der Waals surface area contributed by atoms with Gasteiger partial charge >= 0.3 is 12.1 Å². The Bertz CT molecular complexity index is 1030. The van der Waals surface area contributed by atoms with Crippen molar-refractivity contribution in [1.82, 2.24) is 10.2 Å². The molecule has 188 valence electrons. The van der Waals surface area contributed by atoms with Crippen LogP contribution < -0.4 is 5.32 Å². The topological polar surface area (TPSA) is 116 Å². The van der Waals surface area contributed by atoms with Gasteiger partial charge in [0.25, 0.3) is 0 Å². The fourth-order valence-corrected chi connectivity index (χ4v) is 4.12. The van der Waals surface area contributed by atoms with E-state index in [2.05, 4.69) is 29.6 Å². The highest BCUT2D eigenvalue weighted by Gasteiger charge is 2.43. The van der Waals surface area contributed by atoms with Gasteiger partial charge in [-0.2, -0.15) is 0 Å². The van der Waals surface area contributed by atoms with E-state index in [1.165, 1.54) is 29.4 Å². The van der Waals surface area contributed by atoms with Crippen LogP contribution in [-0.2, 0) is 20.7 Å². The summed E-state index contributed by atoms with van der Waals surface area (Å²) in [6.45, 7) is 6.59. The SMILES string of the molecule is CC(O)C(NC(=O)OC(C)(C)C)C(=O)N1C[C@H](c2ccccc2)C[C@@H]1C(=O)O.c1ccc2c(c1)C2. The molecule has 1 aliphatic carbocycles. The van der Waals surface area contributed by atoms with E-state index in [-0.39, 0.29) is 18.9 Å². The molecule has 2 amide bonds. The lowest BCUT2D eigenvalue weighted by Gasteiger charge is -2.29. The van der Waals surface area contributed by atoms with Crippen LogP contribution in [0.5, 0.6) is 0 Å². The van der Waals surface area contributed by atoms with E-state index >= 15 is 0 Å². The molecular formula is C27H34N2O6. The minimum absolute atomic E-state index is 0.137. The van der Waals surface area contributed by atoms with Crippen molar-refractivity contribution in [2.45, 2.75) is 70.2 Å². The monoisotopic (exact) mass is 482 g/mol. The summed E-state index contributed by atoms with van der Waals surface area (Å²) in [6, 6.07) is 15.6. The van der Waals surface area contributed by atoms with Crippen LogP contribution >= 0.6 is 0 Å². The second-order valence-electron chi connectivity index (χ2n) is 10.00. The third-order valence-corrected chi connectivity index (χ3v) is 5.94. The van der Waals surface area contributed by atoms with Gasteiger partial charge in [-0.1, -0.05) is 54.6 Å². The average molecular weight is 483 g/mol. The fourth-order valence-electron chi connectivity index (χ4n) is 4.12. The van der Waals surface area contributed by atoms with Gasteiger partial charge in [0.2, 0.25) is 5.91 Å². The summed E-state index contributed by atoms with van der Waals surface area (Å²) < 4.78 is 5.15. The van der Waals surface area contributed by atoms with E-state index in [0.717, 1.165) is 5.56 Å². The Hall–Kier alpha value is -3.39. The van der Waals surface area contributed by atoms with Crippen molar-refractivity contribution < 1.29 is 29.3 Å². The minimum atomic E-state index is -1.30. The zero-order valence-electron chi connectivity index (χ0n) is 20.6. The molecular weight excluding hydrogens is 448 g/mol. The number of fused-ring (bicyclic) bond motifs is 1. The molecule has 0 aromatic heterocycles. The number of nitrogens with one attached hydrogen (secondary N) is 1. The molecule has 1 saturated heterocycles. The molecule has 0 bridgehead atoms. The molecule has 35 heavy (non-hydrogen) atoms. The molecule has 8 nitrogen and oxygen atoms in total. The number of carbonyl (C=O) groups excluding carboxylic acids is 2.